The Labute approximate surface area is 115 Å². The number of nitrogens with one attached hydrogen (secondary N) is 1. The Bertz CT molecular complexity index is 560. The van der Waals surface area contributed by atoms with E-state index in [1.165, 1.54) is 6.33 Å². The van der Waals surface area contributed by atoms with Gasteiger partial charge in [-0.2, -0.15) is 4.98 Å². The lowest BCUT2D eigenvalue weighted by Crippen LogP contribution is -2.87. The number of aromatic nitrogens is 2. The number of nitrogens with zero attached hydrogens (tertiary/aromatic N) is 2. The number of anilines is 1. The molecule has 2 rings (SSSR count). The normalized spacial score (nSPS) is 25.6. The van der Waals surface area contributed by atoms with Crippen molar-refractivity contribution in [3.8, 4) is 0 Å². The van der Waals surface area contributed by atoms with Gasteiger partial charge in [0.05, 0.1) is 6.61 Å². The van der Waals surface area contributed by atoms with E-state index in [4.69, 9.17) is 16.2 Å². The van der Waals surface area contributed by atoms with E-state index < -0.39 is 18.2 Å². The van der Waals surface area contributed by atoms with Crippen LogP contribution in [-0.4, -0.2) is 55.9 Å². The molecule has 0 saturated heterocycles. The molecular formula is C12H18N5O3+. The Kier molecular flexibility index (Phi) is 4.09. The third-order valence-corrected chi connectivity index (χ3v) is 3.32. The summed E-state index contributed by atoms with van der Waals surface area (Å²) in [5.74, 6) is 0.620. The Morgan fingerprint density at radius 2 is 2.15 bits per heavy atom. The number of hydrogen-bond donors (Lipinski definition) is 6. The maximum atomic E-state index is 9.95. The lowest BCUT2D eigenvalue weighted by Gasteiger charge is -2.16. The van der Waals surface area contributed by atoms with Crippen molar-refractivity contribution in [3.63, 3.8) is 0 Å². The molecule has 0 aliphatic heterocycles. The molecule has 0 spiro atoms. The average molecular weight is 280 g/mol. The first kappa shape index (κ1) is 14.5. The van der Waals surface area contributed by atoms with Crippen molar-refractivity contribution < 1.29 is 20.6 Å². The number of nitrogen functional groups attached to an aromatic ring is 1. The highest BCUT2D eigenvalue weighted by atomic mass is 16.3. The van der Waals surface area contributed by atoms with Gasteiger partial charge in [-0.05, 0) is 18.6 Å². The molecule has 0 bridgehead atoms. The Morgan fingerprint density at radius 3 is 2.70 bits per heavy atom. The van der Waals surface area contributed by atoms with Crippen molar-refractivity contribution in [2.24, 2.45) is 0 Å². The number of hydrogen-bond acceptors (Lipinski definition) is 7. The first-order valence-corrected chi connectivity index (χ1v) is 6.14. The van der Waals surface area contributed by atoms with E-state index in [1.807, 2.05) is 0 Å². The highest BCUT2D eigenvalue weighted by Gasteiger charge is 2.38. The fourth-order valence-corrected chi connectivity index (χ4v) is 2.27. The van der Waals surface area contributed by atoms with Crippen LogP contribution in [0.2, 0.25) is 0 Å². The summed E-state index contributed by atoms with van der Waals surface area (Å²) in [6.07, 6.45) is 0.732. The predicted molar refractivity (Wildman–Crippen MR) is 71.5 cm³/mol. The summed E-state index contributed by atoms with van der Waals surface area (Å²) in [6, 6.07) is -0.500. The van der Waals surface area contributed by atoms with E-state index in [1.54, 1.807) is 18.3 Å². The minimum Gasteiger partial charge on any atom is -0.392 e. The Morgan fingerprint density at radius 1 is 1.45 bits per heavy atom. The van der Waals surface area contributed by atoms with E-state index in [9.17, 15) is 10.2 Å². The predicted octanol–water partition coefficient (Wildman–Crippen LogP) is -2.34. The molecule has 1 aromatic heterocycles. The summed E-state index contributed by atoms with van der Waals surface area (Å²) in [5, 5.41) is 38.1. The minimum atomic E-state index is -1.09. The lowest BCUT2D eigenvalue weighted by atomic mass is 10.1. The fourth-order valence-electron chi connectivity index (χ4n) is 2.27. The molecule has 1 aromatic rings. The van der Waals surface area contributed by atoms with Crippen LogP contribution in [0.15, 0.2) is 18.0 Å². The zero-order valence-electron chi connectivity index (χ0n) is 11.0. The monoisotopic (exact) mass is 280 g/mol. The maximum absolute atomic E-state index is 9.95. The molecule has 1 aliphatic carbocycles. The van der Waals surface area contributed by atoms with Crippen molar-refractivity contribution >= 4 is 17.3 Å². The second-order valence-electron chi connectivity index (χ2n) is 4.72. The van der Waals surface area contributed by atoms with Gasteiger partial charge in [0.1, 0.15) is 36.0 Å². The largest absolute Gasteiger partial charge is 0.392 e. The van der Waals surface area contributed by atoms with Crippen molar-refractivity contribution in [3.05, 3.63) is 23.5 Å². The standard InChI is InChI=1S/C12H17N5O3/c1-5(13)8-11(14)15-4-16-12(8)17-7-2-6(3-18)9(19)10(7)20/h2,4,7,9-10,13,18-20H,3H2,1H3,(H3,14,15,16,17)/p+1. The summed E-state index contributed by atoms with van der Waals surface area (Å²) in [5.41, 5.74) is 6.72. The van der Waals surface area contributed by atoms with Crippen LogP contribution >= 0.6 is 0 Å². The van der Waals surface area contributed by atoms with Crippen LogP contribution in [0.1, 0.15) is 12.5 Å². The molecule has 1 aliphatic rings. The van der Waals surface area contributed by atoms with Crippen LogP contribution < -0.4 is 11.1 Å². The summed E-state index contributed by atoms with van der Waals surface area (Å²) < 4.78 is 0. The zero-order chi connectivity index (χ0) is 14.9. The van der Waals surface area contributed by atoms with E-state index in [0.29, 0.717) is 17.0 Å². The van der Waals surface area contributed by atoms with Crippen LogP contribution in [0, 0.1) is 5.41 Å². The van der Waals surface area contributed by atoms with Crippen molar-refractivity contribution in [1.82, 2.24) is 9.97 Å². The second-order valence-corrected chi connectivity index (χ2v) is 4.72. The van der Waals surface area contributed by atoms with Crippen LogP contribution in [0.5, 0.6) is 0 Å². The SMILES string of the molecule is CC(=N)c1c(N)ncnc1[NH2+]C1C=C(CO)C(O)C1O. The Hall–Kier alpha value is -1.87. The van der Waals surface area contributed by atoms with Gasteiger partial charge in [-0.25, -0.2) is 4.98 Å². The molecule has 0 fully saturated rings. The molecule has 0 saturated carbocycles. The maximum Gasteiger partial charge on any atom is 0.239 e. The van der Waals surface area contributed by atoms with Gasteiger partial charge >= 0.3 is 0 Å². The van der Waals surface area contributed by atoms with Gasteiger partial charge in [0, 0.05) is 5.71 Å². The molecule has 8 nitrogen and oxygen atoms in total. The van der Waals surface area contributed by atoms with E-state index in [2.05, 4.69) is 9.97 Å². The number of nitrogens with two attached hydrogens (primary N) is 2. The molecule has 8 N–H and O–H groups in total. The van der Waals surface area contributed by atoms with Gasteiger partial charge in [0.25, 0.3) is 0 Å². The first-order chi connectivity index (χ1) is 9.45. The van der Waals surface area contributed by atoms with Crippen molar-refractivity contribution in [2.75, 3.05) is 12.3 Å². The van der Waals surface area contributed by atoms with Crippen molar-refractivity contribution in [1.29, 1.82) is 5.41 Å². The van der Waals surface area contributed by atoms with Gasteiger partial charge < -0.3 is 26.5 Å². The van der Waals surface area contributed by atoms with Gasteiger partial charge in [0.15, 0.2) is 0 Å². The van der Waals surface area contributed by atoms with Gasteiger partial charge in [-0.15, -0.1) is 0 Å². The van der Waals surface area contributed by atoms with Crippen molar-refractivity contribution in [2.45, 2.75) is 25.2 Å². The molecule has 3 unspecified atom stereocenters. The zero-order valence-corrected chi connectivity index (χ0v) is 11.0. The minimum absolute atomic E-state index is 0.193. The van der Waals surface area contributed by atoms with Crippen LogP contribution in [0.4, 0.5) is 11.6 Å². The lowest BCUT2D eigenvalue weighted by molar-refractivity contribution is -0.611. The van der Waals surface area contributed by atoms with Gasteiger partial charge in [-0.3, -0.25) is 5.32 Å². The molecule has 0 radical (unpaired) electrons. The quantitative estimate of drug-likeness (QED) is 0.268. The first-order valence-electron chi connectivity index (χ1n) is 6.14. The number of rotatable bonds is 4. The highest BCUT2D eigenvalue weighted by Crippen LogP contribution is 2.19. The molecule has 8 heteroatoms. The molecule has 1 heterocycles. The molecule has 0 amide bonds. The third kappa shape index (κ3) is 2.54. The highest BCUT2D eigenvalue weighted by molar-refractivity contribution is 6.03. The van der Waals surface area contributed by atoms with E-state index >= 15 is 0 Å². The van der Waals surface area contributed by atoms with E-state index in [0.717, 1.165) is 0 Å². The molecule has 3 atom stereocenters. The third-order valence-electron chi connectivity index (χ3n) is 3.32. The van der Waals surface area contributed by atoms with Crippen LogP contribution in [-0.2, 0) is 0 Å². The summed E-state index contributed by atoms with van der Waals surface area (Å²) in [4.78, 5) is 7.90. The number of quaternary nitrogens is 1. The van der Waals surface area contributed by atoms with Crippen LogP contribution in [0.25, 0.3) is 0 Å². The number of aliphatic hydroxyl groups excluding tert-OH is 3. The van der Waals surface area contributed by atoms with Gasteiger partial charge in [0.2, 0.25) is 5.82 Å². The average Bonchev–Trinajstić information content (AvgIpc) is 2.66. The molecule has 20 heavy (non-hydrogen) atoms. The van der Waals surface area contributed by atoms with Crippen LogP contribution in [0.3, 0.4) is 0 Å². The van der Waals surface area contributed by atoms with E-state index in [-0.39, 0.29) is 18.1 Å². The second kappa shape index (κ2) is 5.63. The fraction of sp³-hybridized carbons (Fsp3) is 0.417. The van der Waals surface area contributed by atoms with Gasteiger partial charge in [-0.1, -0.05) is 0 Å². The number of aliphatic hydroxyl groups is 3. The topological polar surface area (TPSA) is 153 Å². The molecular weight excluding hydrogens is 262 g/mol. The summed E-state index contributed by atoms with van der Waals surface area (Å²) in [6.45, 7) is 1.26. The molecule has 108 valence electrons. The summed E-state index contributed by atoms with van der Waals surface area (Å²) >= 11 is 0. The summed E-state index contributed by atoms with van der Waals surface area (Å²) in [7, 11) is 0. The smallest absolute Gasteiger partial charge is 0.239 e. The molecule has 0 aromatic carbocycles. The Balaban J connectivity index is 2.30.